The lowest BCUT2D eigenvalue weighted by Crippen LogP contribution is -2.48. The maximum absolute atomic E-state index is 13.2. The van der Waals surface area contributed by atoms with Gasteiger partial charge in [0.1, 0.15) is 0 Å². The fourth-order valence-corrected chi connectivity index (χ4v) is 4.52. The summed E-state index contributed by atoms with van der Waals surface area (Å²) in [7, 11) is 0. The number of carbonyl (C=O) groups is 2. The maximum atomic E-state index is 13.2. The van der Waals surface area contributed by atoms with Gasteiger partial charge in [-0.25, -0.2) is 0 Å². The molecule has 142 valence electrons. The van der Waals surface area contributed by atoms with Gasteiger partial charge in [-0.2, -0.15) is 0 Å². The lowest BCUT2D eigenvalue weighted by Gasteiger charge is -2.33. The van der Waals surface area contributed by atoms with Crippen LogP contribution in [0.3, 0.4) is 0 Å². The van der Waals surface area contributed by atoms with Gasteiger partial charge in [-0.15, -0.1) is 0 Å². The molecule has 1 heterocycles. The minimum absolute atomic E-state index is 0.0435. The largest absolute Gasteiger partial charge is 0.353 e. The first-order chi connectivity index (χ1) is 13.2. The smallest absolute Gasteiger partial charge is 0.254 e. The normalized spacial score (nSPS) is 21.2. The molecule has 27 heavy (non-hydrogen) atoms. The van der Waals surface area contributed by atoms with Gasteiger partial charge in [-0.05, 0) is 42.5 Å². The lowest BCUT2D eigenvalue weighted by molar-refractivity contribution is -0.127. The molecule has 1 atom stereocenters. The average Bonchev–Trinajstić information content (AvgIpc) is 2.73. The second kappa shape index (κ2) is 8.12. The Morgan fingerprint density at radius 3 is 2.52 bits per heavy atom. The number of amides is 2. The van der Waals surface area contributed by atoms with Crippen LogP contribution in [0.15, 0.2) is 42.5 Å². The Balaban J connectivity index is 1.45. The van der Waals surface area contributed by atoms with E-state index < -0.39 is 0 Å². The van der Waals surface area contributed by atoms with Gasteiger partial charge in [0.15, 0.2) is 0 Å². The monoisotopic (exact) mass is 364 g/mol. The van der Waals surface area contributed by atoms with E-state index in [2.05, 4.69) is 5.32 Å². The molecular formula is C23H28N2O2. The van der Waals surface area contributed by atoms with Crippen molar-refractivity contribution >= 4 is 22.6 Å². The summed E-state index contributed by atoms with van der Waals surface area (Å²) in [6.45, 7) is 1.26. The van der Waals surface area contributed by atoms with Crippen molar-refractivity contribution in [2.24, 2.45) is 5.92 Å². The van der Waals surface area contributed by atoms with Gasteiger partial charge >= 0.3 is 0 Å². The standard InChI is InChI=1S/C23H28N2O2/c26-22(24-19-11-2-1-3-12-19)18-10-7-15-25(16-18)23(27)21-14-6-9-17-8-4-5-13-20(17)21/h4-6,8-9,13-14,18-19H,1-3,7,10-12,15-16H2,(H,24,26). The molecule has 4 nitrogen and oxygen atoms in total. The summed E-state index contributed by atoms with van der Waals surface area (Å²) in [5.74, 6) is 0.0962. The summed E-state index contributed by atoms with van der Waals surface area (Å²) >= 11 is 0. The second-order valence-corrected chi connectivity index (χ2v) is 7.96. The topological polar surface area (TPSA) is 49.4 Å². The van der Waals surface area contributed by atoms with E-state index in [1.165, 1.54) is 19.3 Å². The minimum Gasteiger partial charge on any atom is -0.353 e. The van der Waals surface area contributed by atoms with E-state index in [0.717, 1.165) is 48.6 Å². The quantitative estimate of drug-likeness (QED) is 0.890. The molecule has 2 aromatic rings. The van der Waals surface area contributed by atoms with Crippen LogP contribution < -0.4 is 5.32 Å². The molecule has 2 aliphatic rings. The third-order valence-electron chi connectivity index (χ3n) is 6.05. The highest BCUT2D eigenvalue weighted by molar-refractivity contribution is 6.07. The van der Waals surface area contributed by atoms with E-state index in [4.69, 9.17) is 0 Å². The zero-order valence-corrected chi connectivity index (χ0v) is 15.8. The zero-order valence-electron chi connectivity index (χ0n) is 15.8. The average molecular weight is 364 g/mol. The molecule has 4 heteroatoms. The number of hydrogen-bond acceptors (Lipinski definition) is 2. The van der Waals surface area contributed by atoms with Crippen LogP contribution in [-0.2, 0) is 4.79 Å². The van der Waals surface area contributed by atoms with Crippen molar-refractivity contribution in [3.63, 3.8) is 0 Å². The van der Waals surface area contributed by atoms with Crippen molar-refractivity contribution < 1.29 is 9.59 Å². The van der Waals surface area contributed by atoms with Crippen molar-refractivity contribution in [1.82, 2.24) is 10.2 Å². The summed E-state index contributed by atoms with van der Waals surface area (Å²) in [5, 5.41) is 5.30. The van der Waals surface area contributed by atoms with Crippen LogP contribution in [0.25, 0.3) is 10.8 Å². The van der Waals surface area contributed by atoms with E-state index in [1.807, 2.05) is 47.4 Å². The van der Waals surface area contributed by atoms with E-state index in [0.29, 0.717) is 12.6 Å². The number of hydrogen-bond donors (Lipinski definition) is 1. The summed E-state index contributed by atoms with van der Waals surface area (Å²) in [4.78, 5) is 27.8. The zero-order chi connectivity index (χ0) is 18.6. The Morgan fingerprint density at radius 1 is 0.889 bits per heavy atom. The van der Waals surface area contributed by atoms with Crippen molar-refractivity contribution in [3.05, 3.63) is 48.0 Å². The number of rotatable bonds is 3. The van der Waals surface area contributed by atoms with Crippen LogP contribution >= 0.6 is 0 Å². The molecule has 1 saturated heterocycles. The predicted octanol–water partition coefficient (Wildman–Crippen LogP) is 4.14. The summed E-state index contributed by atoms with van der Waals surface area (Å²) in [5.41, 5.74) is 0.737. The molecule has 1 aliphatic carbocycles. The molecule has 2 amide bonds. The number of nitrogens with one attached hydrogen (secondary N) is 1. The number of fused-ring (bicyclic) bond motifs is 1. The minimum atomic E-state index is -0.0837. The Bertz CT molecular complexity index is 821. The molecule has 4 rings (SSSR count). The molecule has 0 bridgehead atoms. The van der Waals surface area contributed by atoms with Gasteiger partial charge in [0.2, 0.25) is 5.91 Å². The molecule has 1 unspecified atom stereocenters. The van der Waals surface area contributed by atoms with Crippen molar-refractivity contribution in [3.8, 4) is 0 Å². The van der Waals surface area contributed by atoms with Crippen molar-refractivity contribution in [2.45, 2.75) is 51.0 Å². The lowest BCUT2D eigenvalue weighted by atomic mass is 9.92. The number of piperidine rings is 1. The first-order valence-corrected chi connectivity index (χ1v) is 10.3. The third-order valence-corrected chi connectivity index (χ3v) is 6.05. The molecule has 1 saturated carbocycles. The summed E-state index contributed by atoms with van der Waals surface area (Å²) < 4.78 is 0. The number of nitrogens with zero attached hydrogens (tertiary/aromatic N) is 1. The van der Waals surface area contributed by atoms with Crippen LogP contribution in [0.5, 0.6) is 0 Å². The number of benzene rings is 2. The van der Waals surface area contributed by atoms with E-state index in [9.17, 15) is 9.59 Å². The van der Waals surface area contributed by atoms with Gasteiger partial charge in [-0.1, -0.05) is 55.7 Å². The second-order valence-electron chi connectivity index (χ2n) is 7.96. The molecule has 2 aromatic carbocycles. The Labute approximate surface area is 160 Å². The van der Waals surface area contributed by atoms with Crippen molar-refractivity contribution in [1.29, 1.82) is 0 Å². The Morgan fingerprint density at radius 2 is 1.67 bits per heavy atom. The Hall–Kier alpha value is -2.36. The first kappa shape index (κ1) is 18.0. The maximum Gasteiger partial charge on any atom is 0.254 e. The summed E-state index contributed by atoms with van der Waals surface area (Å²) in [6.07, 6.45) is 7.65. The molecule has 1 aliphatic heterocycles. The highest BCUT2D eigenvalue weighted by atomic mass is 16.2. The number of carbonyl (C=O) groups excluding carboxylic acids is 2. The molecular weight excluding hydrogens is 336 g/mol. The first-order valence-electron chi connectivity index (χ1n) is 10.3. The van der Waals surface area contributed by atoms with Crippen LogP contribution in [0.2, 0.25) is 0 Å². The fraction of sp³-hybridized carbons (Fsp3) is 0.478. The van der Waals surface area contributed by atoms with E-state index >= 15 is 0 Å². The van der Waals surface area contributed by atoms with Crippen LogP contribution in [-0.4, -0.2) is 35.8 Å². The van der Waals surface area contributed by atoms with Crippen LogP contribution in [0.1, 0.15) is 55.3 Å². The molecule has 1 N–H and O–H groups in total. The molecule has 0 spiro atoms. The highest BCUT2D eigenvalue weighted by Crippen LogP contribution is 2.24. The number of likely N-dealkylation sites (tertiary alicyclic amines) is 1. The van der Waals surface area contributed by atoms with E-state index in [-0.39, 0.29) is 17.7 Å². The van der Waals surface area contributed by atoms with Crippen LogP contribution in [0, 0.1) is 5.92 Å². The van der Waals surface area contributed by atoms with Gasteiger partial charge in [0.05, 0.1) is 5.92 Å². The fourth-order valence-electron chi connectivity index (χ4n) is 4.52. The van der Waals surface area contributed by atoms with Gasteiger partial charge in [0.25, 0.3) is 5.91 Å². The van der Waals surface area contributed by atoms with Crippen LogP contribution in [0.4, 0.5) is 0 Å². The van der Waals surface area contributed by atoms with Gasteiger partial charge in [-0.3, -0.25) is 9.59 Å². The molecule has 2 fully saturated rings. The third kappa shape index (κ3) is 4.00. The Kier molecular flexibility index (Phi) is 5.42. The molecule has 0 aromatic heterocycles. The van der Waals surface area contributed by atoms with E-state index in [1.54, 1.807) is 0 Å². The molecule has 0 radical (unpaired) electrons. The summed E-state index contributed by atoms with van der Waals surface area (Å²) in [6, 6.07) is 14.2. The SMILES string of the molecule is O=C(NC1CCCCC1)C1CCCN(C(=O)c2cccc3ccccc23)C1. The predicted molar refractivity (Wildman–Crippen MR) is 108 cm³/mol. The van der Waals surface area contributed by atoms with Crippen molar-refractivity contribution in [2.75, 3.05) is 13.1 Å². The highest BCUT2D eigenvalue weighted by Gasteiger charge is 2.30. The van der Waals surface area contributed by atoms with Gasteiger partial charge in [0, 0.05) is 24.7 Å². The van der Waals surface area contributed by atoms with Gasteiger partial charge < -0.3 is 10.2 Å².